The quantitative estimate of drug-likeness (QED) is 0.198. The van der Waals surface area contributed by atoms with Crippen molar-refractivity contribution in [3.63, 3.8) is 0 Å². The molecule has 2 aliphatic rings. The number of hydrogen-bond donors (Lipinski definition) is 0. The predicted molar refractivity (Wildman–Crippen MR) is 140 cm³/mol. The van der Waals surface area contributed by atoms with Crippen LogP contribution in [-0.4, -0.2) is 7.38 Å². The maximum Gasteiger partial charge on any atom is 0.223 e. The van der Waals surface area contributed by atoms with Crippen LogP contribution in [0.3, 0.4) is 0 Å². The van der Waals surface area contributed by atoms with Gasteiger partial charge in [0.05, 0.1) is 0 Å². The minimum absolute atomic E-state index is 0.0393. The molecule has 0 fully saturated rings. The fraction of sp³-hybridized carbons (Fsp3) is 0.200. The Kier molecular flexibility index (Phi) is 4.34. The van der Waals surface area contributed by atoms with E-state index in [4.69, 9.17) is 11.1 Å². The molecule has 0 saturated heterocycles. The summed E-state index contributed by atoms with van der Waals surface area (Å²) < 4.78 is 0. The van der Waals surface area contributed by atoms with E-state index in [1.54, 1.807) is 0 Å². The molecule has 2 aliphatic carbocycles. The molecule has 0 aliphatic heterocycles. The molecular weight excluding hydrogens is 424 g/mol. The van der Waals surface area contributed by atoms with Crippen molar-refractivity contribution in [2.75, 3.05) is 0 Å². The van der Waals surface area contributed by atoms with Gasteiger partial charge in [0.25, 0.3) is 0 Å². The Labute approximate surface area is 196 Å². The Bertz CT molecular complexity index is 1280. The zero-order chi connectivity index (χ0) is 22.1. The molecule has 0 unspecified atom stereocenters. The van der Waals surface area contributed by atoms with Crippen LogP contribution in [0.4, 0.5) is 0 Å². The van der Waals surface area contributed by atoms with Crippen LogP contribution in [0.1, 0.15) is 43.0 Å². The lowest BCUT2D eigenvalue weighted by Gasteiger charge is -2.40. The molecule has 0 N–H and O–H groups in total. The number of benzene rings is 4. The van der Waals surface area contributed by atoms with Gasteiger partial charge < -0.3 is 0 Å². The normalized spacial score (nSPS) is 14.0. The fourth-order valence-electron chi connectivity index (χ4n) is 5.91. The van der Waals surface area contributed by atoms with Gasteiger partial charge in [0.15, 0.2) is 0 Å². The lowest BCUT2D eigenvalue weighted by atomic mass is 10.1. The third-order valence-electron chi connectivity index (χ3n) is 7.48. The topological polar surface area (TPSA) is 0 Å². The maximum atomic E-state index is 8.06. The van der Waals surface area contributed by atoms with Crippen molar-refractivity contribution >= 4 is 28.8 Å². The van der Waals surface area contributed by atoms with Gasteiger partial charge in [-0.2, -0.15) is 11.1 Å². The number of fused-ring (bicyclic) bond motifs is 6. The summed E-state index contributed by atoms with van der Waals surface area (Å²) in [5.74, 6) is 0. The van der Waals surface area contributed by atoms with Crippen LogP contribution in [0.15, 0.2) is 84.9 Å². The van der Waals surface area contributed by atoms with Gasteiger partial charge in [-0.05, 0) is 72.8 Å². The first-order valence-electron chi connectivity index (χ1n) is 11.5. The molecule has 0 spiro atoms. The van der Waals surface area contributed by atoms with Crippen LogP contribution < -0.4 is 10.4 Å². The van der Waals surface area contributed by atoms with Crippen molar-refractivity contribution in [3.8, 4) is 22.3 Å². The lowest BCUT2D eigenvalue weighted by Crippen LogP contribution is -2.62. The second kappa shape index (κ2) is 6.94. The number of hydrogen-bond acceptors (Lipinski definition) is 0. The standard InChI is InChI=1S/C30H27ClSi/c1-30(2,3)32(31,28-16-8-14-24-22-12-6-4-10-20(22)18-26(24)28)29-17-9-15-25-23-13-7-5-11-21(23)19-27(25)29/h4-17H,18-19H2,1-3H3. The molecule has 2 heteroatoms. The van der Waals surface area contributed by atoms with E-state index in [1.807, 2.05) is 0 Å². The minimum atomic E-state index is -2.62. The first-order chi connectivity index (χ1) is 15.4. The van der Waals surface area contributed by atoms with Gasteiger partial charge in [0.2, 0.25) is 7.38 Å². The summed E-state index contributed by atoms with van der Waals surface area (Å²) in [5.41, 5.74) is 11.2. The number of rotatable bonds is 2. The Morgan fingerprint density at radius 1 is 0.562 bits per heavy atom. The molecule has 0 radical (unpaired) electrons. The van der Waals surface area contributed by atoms with E-state index in [-0.39, 0.29) is 5.04 Å². The molecule has 32 heavy (non-hydrogen) atoms. The largest absolute Gasteiger partial charge is 0.223 e. The molecule has 4 aromatic carbocycles. The highest BCUT2D eigenvalue weighted by Crippen LogP contribution is 2.45. The molecule has 0 saturated carbocycles. The molecule has 0 atom stereocenters. The molecule has 0 aromatic heterocycles. The van der Waals surface area contributed by atoms with E-state index >= 15 is 0 Å². The highest BCUT2D eigenvalue weighted by molar-refractivity contribution is 7.35. The van der Waals surface area contributed by atoms with Crippen molar-refractivity contribution in [2.45, 2.75) is 38.7 Å². The van der Waals surface area contributed by atoms with Crippen molar-refractivity contribution in [1.82, 2.24) is 0 Å². The zero-order valence-electron chi connectivity index (χ0n) is 18.9. The van der Waals surface area contributed by atoms with Crippen LogP contribution in [-0.2, 0) is 12.8 Å². The Morgan fingerprint density at radius 2 is 0.969 bits per heavy atom. The molecule has 6 rings (SSSR count). The summed E-state index contributed by atoms with van der Waals surface area (Å²) >= 11 is 8.06. The van der Waals surface area contributed by atoms with Gasteiger partial charge >= 0.3 is 0 Å². The summed E-state index contributed by atoms with van der Waals surface area (Å²) in [7, 11) is -2.62. The Hall–Kier alpha value is -2.61. The smallest absolute Gasteiger partial charge is 0.154 e. The fourth-order valence-corrected chi connectivity index (χ4v) is 10.8. The molecular formula is C30H27ClSi. The van der Waals surface area contributed by atoms with Gasteiger partial charge in [0.1, 0.15) is 0 Å². The van der Waals surface area contributed by atoms with Crippen LogP contribution in [0.25, 0.3) is 22.3 Å². The molecule has 0 amide bonds. The third-order valence-corrected chi connectivity index (χ3v) is 14.9. The van der Waals surface area contributed by atoms with Crippen LogP contribution in [0.5, 0.6) is 0 Å². The van der Waals surface area contributed by atoms with Crippen molar-refractivity contribution in [2.24, 2.45) is 0 Å². The average molecular weight is 451 g/mol. The van der Waals surface area contributed by atoms with Gasteiger partial charge in [-0.3, -0.25) is 0 Å². The van der Waals surface area contributed by atoms with E-state index in [1.165, 1.54) is 54.9 Å². The van der Waals surface area contributed by atoms with E-state index in [2.05, 4.69) is 106 Å². The van der Waals surface area contributed by atoms with Crippen LogP contribution in [0.2, 0.25) is 5.04 Å². The lowest BCUT2D eigenvalue weighted by molar-refractivity contribution is 0.744. The van der Waals surface area contributed by atoms with Gasteiger partial charge in [-0.1, -0.05) is 106 Å². The van der Waals surface area contributed by atoms with E-state index < -0.39 is 7.38 Å². The average Bonchev–Trinajstić information content (AvgIpc) is 3.36. The second-order valence-electron chi connectivity index (χ2n) is 10.2. The molecule has 158 valence electrons. The van der Waals surface area contributed by atoms with Crippen LogP contribution >= 0.6 is 11.1 Å². The molecule has 0 nitrogen and oxygen atoms in total. The molecule has 0 bridgehead atoms. The zero-order valence-corrected chi connectivity index (χ0v) is 20.6. The summed E-state index contributed by atoms with van der Waals surface area (Å²) in [6.45, 7) is 7.03. The van der Waals surface area contributed by atoms with E-state index in [9.17, 15) is 0 Å². The van der Waals surface area contributed by atoms with E-state index in [0.717, 1.165) is 12.8 Å². The van der Waals surface area contributed by atoms with Crippen molar-refractivity contribution < 1.29 is 0 Å². The van der Waals surface area contributed by atoms with Gasteiger partial charge in [-0.15, -0.1) is 0 Å². The SMILES string of the molecule is CC(C)(C)[Si](Cl)(c1cccc2c1Cc1ccccc1-2)c1cccc2c1Cc1ccccc1-2. The van der Waals surface area contributed by atoms with Crippen molar-refractivity contribution in [1.29, 1.82) is 0 Å². The van der Waals surface area contributed by atoms with Crippen molar-refractivity contribution in [3.05, 3.63) is 107 Å². The van der Waals surface area contributed by atoms with Gasteiger partial charge in [0, 0.05) is 0 Å². The maximum absolute atomic E-state index is 8.06. The summed E-state index contributed by atoms with van der Waals surface area (Å²) in [4.78, 5) is 0. The predicted octanol–water partition coefficient (Wildman–Crippen LogP) is 6.93. The first-order valence-corrected chi connectivity index (χ1v) is 14.5. The van der Waals surface area contributed by atoms with E-state index in [0.29, 0.717) is 0 Å². The Balaban J connectivity index is 1.61. The highest BCUT2D eigenvalue weighted by atomic mass is 35.6. The van der Waals surface area contributed by atoms with Gasteiger partial charge in [-0.25, -0.2) is 0 Å². The summed E-state index contributed by atoms with van der Waals surface area (Å²) in [6, 6.07) is 31.3. The summed E-state index contributed by atoms with van der Waals surface area (Å²) in [5, 5.41) is 2.75. The molecule has 4 aromatic rings. The minimum Gasteiger partial charge on any atom is -0.154 e. The molecule has 0 heterocycles. The monoisotopic (exact) mass is 450 g/mol. The van der Waals surface area contributed by atoms with Crippen LogP contribution in [0, 0.1) is 0 Å². The summed E-state index contributed by atoms with van der Waals surface area (Å²) in [6.07, 6.45) is 1.96. The highest BCUT2D eigenvalue weighted by Gasteiger charge is 2.50. The first kappa shape index (κ1) is 20.0. The third kappa shape index (κ3) is 2.68. The second-order valence-corrected chi connectivity index (χ2v) is 15.8. The number of halogens is 1. The Morgan fingerprint density at radius 3 is 1.41 bits per heavy atom.